The van der Waals surface area contributed by atoms with Crippen LogP contribution in [0.25, 0.3) is 0 Å². The molecule has 1 aliphatic rings. The van der Waals surface area contributed by atoms with Crippen LogP contribution in [0.15, 0.2) is 18.2 Å². The zero-order valence-electron chi connectivity index (χ0n) is 10.5. The summed E-state index contributed by atoms with van der Waals surface area (Å²) in [5.41, 5.74) is 0.326. The SMILES string of the molecule is O=C(CC1CCCC1)Nc1ccc(Cl)cc1C(=O)O. The molecule has 19 heavy (non-hydrogen) atoms. The number of rotatable bonds is 4. The zero-order chi connectivity index (χ0) is 13.8. The first kappa shape index (κ1) is 13.9. The van der Waals surface area contributed by atoms with Crippen molar-refractivity contribution in [3.63, 3.8) is 0 Å². The number of carbonyl (C=O) groups excluding carboxylic acids is 1. The lowest BCUT2D eigenvalue weighted by Gasteiger charge is -2.11. The Morgan fingerprint density at radius 3 is 2.63 bits per heavy atom. The molecule has 0 bridgehead atoms. The smallest absolute Gasteiger partial charge is 0.337 e. The van der Waals surface area contributed by atoms with E-state index < -0.39 is 5.97 Å². The van der Waals surface area contributed by atoms with Crippen molar-refractivity contribution in [1.82, 2.24) is 0 Å². The molecule has 0 aromatic heterocycles. The molecule has 0 unspecified atom stereocenters. The van der Waals surface area contributed by atoms with E-state index in [-0.39, 0.29) is 11.5 Å². The van der Waals surface area contributed by atoms with E-state index in [1.54, 1.807) is 6.07 Å². The summed E-state index contributed by atoms with van der Waals surface area (Å²) >= 11 is 5.76. The molecule has 1 fully saturated rings. The fraction of sp³-hybridized carbons (Fsp3) is 0.429. The molecule has 1 saturated carbocycles. The number of nitrogens with one attached hydrogen (secondary N) is 1. The number of anilines is 1. The van der Waals surface area contributed by atoms with Gasteiger partial charge in [0.25, 0.3) is 0 Å². The molecule has 1 aromatic rings. The van der Waals surface area contributed by atoms with Gasteiger partial charge in [-0.2, -0.15) is 0 Å². The van der Waals surface area contributed by atoms with Gasteiger partial charge in [-0.3, -0.25) is 4.79 Å². The maximum atomic E-state index is 11.9. The Hall–Kier alpha value is -1.55. The van der Waals surface area contributed by atoms with Gasteiger partial charge in [0.05, 0.1) is 11.3 Å². The maximum absolute atomic E-state index is 11.9. The number of hydrogen-bond acceptors (Lipinski definition) is 2. The molecule has 1 aliphatic carbocycles. The van der Waals surface area contributed by atoms with Crippen LogP contribution in [0.1, 0.15) is 42.5 Å². The van der Waals surface area contributed by atoms with Gasteiger partial charge in [-0.1, -0.05) is 24.4 Å². The molecular formula is C14H16ClNO3. The van der Waals surface area contributed by atoms with Gasteiger partial charge in [-0.15, -0.1) is 0 Å². The number of hydrogen-bond donors (Lipinski definition) is 2. The van der Waals surface area contributed by atoms with E-state index in [4.69, 9.17) is 16.7 Å². The first-order chi connectivity index (χ1) is 9.06. The molecule has 2 N–H and O–H groups in total. The van der Waals surface area contributed by atoms with Crippen molar-refractivity contribution in [3.8, 4) is 0 Å². The maximum Gasteiger partial charge on any atom is 0.337 e. The van der Waals surface area contributed by atoms with E-state index >= 15 is 0 Å². The Morgan fingerprint density at radius 1 is 1.32 bits per heavy atom. The van der Waals surface area contributed by atoms with Crippen LogP contribution in [0.5, 0.6) is 0 Å². The van der Waals surface area contributed by atoms with Crippen LogP contribution in [-0.2, 0) is 4.79 Å². The number of carboxylic acid groups (broad SMARTS) is 1. The first-order valence-electron chi connectivity index (χ1n) is 6.39. The van der Waals surface area contributed by atoms with Gasteiger partial charge in [0.2, 0.25) is 5.91 Å². The quantitative estimate of drug-likeness (QED) is 0.887. The highest BCUT2D eigenvalue weighted by molar-refractivity contribution is 6.31. The van der Waals surface area contributed by atoms with Crippen molar-refractivity contribution in [2.24, 2.45) is 5.92 Å². The van der Waals surface area contributed by atoms with Crippen LogP contribution in [0.3, 0.4) is 0 Å². The summed E-state index contributed by atoms with van der Waals surface area (Å²) in [5, 5.41) is 12.1. The van der Waals surface area contributed by atoms with Crippen LogP contribution in [-0.4, -0.2) is 17.0 Å². The Bertz CT molecular complexity index is 495. The van der Waals surface area contributed by atoms with Gasteiger partial charge in [0, 0.05) is 11.4 Å². The highest BCUT2D eigenvalue weighted by Crippen LogP contribution is 2.28. The lowest BCUT2D eigenvalue weighted by Crippen LogP contribution is -2.17. The minimum atomic E-state index is -1.10. The Kier molecular flexibility index (Phi) is 4.43. The molecule has 5 heteroatoms. The Labute approximate surface area is 116 Å². The molecule has 0 saturated heterocycles. The van der Waals surface area contributed by atoms with E-state index in [0.29, 0.717) is 23.0 Å². The van der Waals surface area contributed by atoms with Crippen molar-refractivity contribution in [3.05, 3.63) is 28.8 Å². The van der Waals surface area contributed by atoms with E-state index in [1.165, 1.54) is 25.0 Å². The fourth-order valence-corrected chi connectivity index (χ4v) is 2.65. The monoisotopic (exact) mass is 281 g/mol. The standard InChI is InChI=1S/C14H16ClNO3/c15-10-5-6-12(11(8-10)14(18)19)16-13(17)7-9-3-1-2-4-9/h5-6,8-9H,1-4,7H2,(H,16,17)(H,18,19). The lowest BCUT2D eigenvalue weighted by atomic mass is 10.0. The third-order valence-electron chi connectivity index (χ3n) is 3.43. The second kappa shape index (κ2) is 6.06. The van der Waals surface area contributed by atoms with Crippen molar-refractivity contribution >= 4 is 29.2 Å². The molecule has 0 atom stereocenters. The summed E-state index contributed by atoms with van der Waals surface area (Å²) in [6, 6.07) is 4.44. The van der Waals surface area contributed by atoms with E-state index in [2.05, 4.69) is 5.32 Å². The molecule has 4 nitrogen and oxygen atoms in total. The average molecular weight is 282 g/mol. The van der Waals surface area contributed by atoms with Crippen molar-refractivity contribution in [2.45, 2.75) is 32.1 Å². The van der Waals surface area contributed by atoms with Crippen LogP contribution >= 0.6 is 11.6 Å². The van der Waals surface area contributed by atoms with Gasteiger partial charge >= 0.3 is 5.97 Å². The van der Waals surface area contributed by atoms with Crippen LogP contribution in [0, 0.1) is 5.92 Å². The summed E-state index contributed by atoms with van der Waals surface area (Å²) in [5.74, 6) is -0.795. The number of aromatic carboxylic acids is 1. The van der Waals surface area contributed by atoms with Gasteiger partial charge in [0.15, 0.2) is 0 Å². The van der Waals surface area contributed by atoms with Crippen molar-refractivity contribution < 1.29 is 14.7 Å². The molecule has 0 aliphatic heterocycles. The number of halogens is 1. The summed E-state index contributed by atoms with van der Waals surface area (Å²) < 4.78 is 0. The summed E-state index contributed by atoms with van der Waals surface area (Å²) in [4.78, 5) is 23.0. The van der Waals surface area contributed by atoms with Crippen LogP contribution in [0.2, 0.25) is 5.02 Å². The van der Waals surface area contributed by atoms with E-state index in [1.807, 2.05) is 0 Å². The summed E-state index contributed by atoms with van der Waals surface area (Å²) in [6.07, 6.45) is 4.99. The van der Waals surface area contributed by atoms with E-state index in [0.717, 1.165) is 12.8 Å². The topological polar surface area (TPSA) is 66.4 Å². The van der Waals surface area contributed by atoms with Gasteiger partial charge < -0.3 is 10.4 Å². The van der Waals surface area contributed by atoms with Crippen LogP contribution in [0.4, 0.5) is 5.69 Å². The Balaban J connectivity index is 2.05. The molecule has 2 rings (SSSR count). The summed E-state index contributed by atoms with van der Waals surface area (Å²) in [7, 11) is 0. The average Bonchev–Trinajstić information content (AvgIpc) is 2.83. The largest absolute Gasteiger partial charge is 0.478 e. The predicted molar refractivity (Wildman–Crippen MR) is 73.6 cm³/mol. The Morgan fingerprint density at radius 2 is 2.00 bits per heavy atom. The zero-order valence-corrected chi connectivity index (χ0v) is 11.2. The minimum absolute atomic E-state index is 0.0206. The predicted octanol–water partition coefficient (Wildman–Crippen LogP) is 3.56. The number of carboxylic acids is 1. The minimum Gasteiger partial charge on any atom is -0.478 e. The normalized spacial score (nSPS) is 15.4. The van der Waals surface area contributed by atoms with Crippen LogP contribution < -0.4 is 5.32 Å². The second-order valence-corrected chi connectivity index (χ2v) is 5.33. The van der Waals surface area contributed by atoms with Crippen molar-refractivity contribution in [1.29, 1.82) is 0 Å². The highest BCUT2D eigenvalue weighted by atomic mass is 35.5. The number of carbonyl (C=O) groups is 2. The van der Waals surface area contributed by atoms with E-state index in [9.17, 15) is 9.59 Å². The second-order valence-electron chi connectivity index (χ2n) is 4.90. The molecule has 102 valence electrons. The fourth-order valence-electron chi connectivity index (χ4n) is 2.48. The molecule has 0 radical (unpaired) electrons. The van der Waals surface area contributed by atoms with Gasteiger partial charge in [-0.05, 0) is 37.0 Å². The molecule has 0 spiro atoms. The third kappa shape index (κ3) is 3.70. The third-order valence-corrected chi connectivity index (χ3v) is 3.67. The molecule has 0 heterocycles. The first-order valence-corrected chi connectivity index (χ1v) is 6.77. The van der Waals surface area contributed by atoms with Crippen molar-refractivity contribution in [2.75, 3.05) is 5.32 Å². The molecular weight excluding hydrogens is 266 g/mol. The molecule has 1 aromatic carbocycles. The lowest BCUT2D eigenvalue weighted by molar-refractivity contribution is -0.117. The number of benzene rings is 1. The summed E-state index contributed by atoms with van der Waals surface area (Å²) in [6.45, 7) is 0. The highest BCUT2D eigenvalue weighted by Gasteiger charge is 2.19. The van der Waals surface area contributed by atoms with Gasteiger partial charge in [0.1, 0.15) is 0 Å². The molecule has 1 amide bonds. The van der Waals surface area contributed by atoms with Gasteiger partial charge in [-0.25, -0.2) is 4.79 Å². The number of amides is 1.